The minimum Gasteiger partial charge on any atom is -0.404 e. The van der Waals surface area contributed by atoms with E-state index < -0.39 is 7.82 Å². The highest BCUT2D eigenvalue weighted by Crippen LogP contribution is 2.43. The van der Waals surface area contributed by atoms with Crippen LogP contribution in [0.15, 0.2) is 24.3 Å². The molecular weight excluding hydrogens is 253 g/mol. The highest BCUT2D eigenvalue weighted by molar-refractivity contribution is 7.46. The van der Waals surface area contributed by atoms with Crippen molar-refractivity contribution in [3.8, 4) is 5.75 Å². The van der Waals surface area contributed by atoms with Crippen LogP contribution in [-0.4, -0.2) is 23.4 Å². The van der Waals surface area contributed by atoms with Crippen LogP contribution in [0.2, 0.25) is 0 Å². The third-order valence-corrected chi connectivity index (χ3v) is 3.33. The van der Waals surface area contributed by atoms with Crippen LogP contribution in [0.4, 0.5) is 0 Å². The van der Waals surface area contributed by atoms with Gasteiger partial charge in [-0.1, -0.05) is 18.2 Å². The molecule has 18 heavy (non-hydrogen) atoms. The van der Waals surface area contributed by atoms with Crippen LogP contribution in [0.25, 0.3) is 5.57 Å². The molecular formula is C12H16NO4P. The SMILES string of the molecule is CNCCC1=CCc2c(OP(=O)(O)O)cccc21. The minimum atomic E-state index is -4.50. The molecule has 0 heterocycles. The lowest BCUT2D eigenvalue weighted by Gasteiger charge is -2.12. The second kappa shape index (κ2) is 5.24. The van der Waals surface area contributed by atoms with E-state index in [-0.39, 0.29) is 5.75 Å². The van der Waals surface area contributed by atoms with E-state index in [0.29, 0.717) is 6.42 Å². The second-order valence-electron chi connectivity index (χ2n) is 4.15. The van der Waals surface area contributed by atoms with Gasteiger partial charge >= 0.3 is 7.82 Å². The predicted molar refractivity (Wildman–Crippen MR) is 69.3 cm³/mol. The number of rotatable bonds is 5. The summed E-state index contributed by atoms with van der Waals surface area (Å²) in [6.45, 7) is 0.870. The van der Waals surface area contributed by atoms with Crippen LogP contribution in [-0.2, 0) is 11.0 Å². The average Bonchev–Trinajstić information content (AvgIpc) is 2.69. The fraction of sp³-hybridized carbons (Fsp3) is 0.333. The summed E-state index contributed by atoms with van der Waals surface area (Å²) in [5, 5.41) is 3.08. The van der Waals surface area contributed by atoms with E-state index in [4.69, 9.17) is 14.3 Å². The summed E-state index contributed by atoms with van der Waals surface area (Å²) >= 11 is 0. The molecule has 0 amide bonds. The first-order valence-corrected chi connectivity index (χ1v) is 7.25. The van der Waals surface area contributed by atoms with Gasteiger partial charge in [0.05, 0.1) is 0 Å². The van der Waals surface area contributed by atoms with Gasteiger partial charge in [0.25, 0.3) is 0 Å². The molecule has 0 aromatic heterocycles. The van der Waals surface area contributed by atoms with Crippen LogP contribution < -0.4 is 9.84 Å². The first-order valence-electron chi connectivity index (χ1n) is 5.72. The number of phosphoric acid groups is 1. The normalized spacial score (nSPS) is 14.3. The predicted octanol–water partition coefficient (Wildman–Crippen LogP) is 1.71. The van der Waals surface area contributed by atoms with Crippen molar-refractivity contribution in [2.75, 3.05) is 13.6 Å². The van der Waals surface area contributed by atoms with E-state index >= 15 is 0 Å². The summed E-state index contributed by atoms with van der Waals surface area (Å²) in [6, 6.07) is 5.30. The van der Waals surface area contributed by atoms with Crippen LogP contribution in [0, 0.1) is 0 Å². The summed E-state index contributed by atoms with van der Waals surface area (Å²) in [5.74, 6) is 0.275. The maximum Gasteiger partial charge on any atom is 0.524 e. The summed E-state index contributed by atoms with van der Waals surface area (Å²) in [4.78, 5) is 17.7. The minimum absolute atomic E-state index is 0.275. The molecule has 1 aliphatic carbocycles. The largest absolute Gasteiger partial charge is 0.524 e. The summed E-state index contributed by atoms with van der Waals surface area (Å²) in [7, 11) is -2.60. The Morgan fingerprint density at radius 2 is 2.22 bits per heavy atom. The Kier molecular flexibility index (Phi) is 3.88. The van der Waals surface area contributed by atoms with Crippen LogP contribution in [0.1, 0.15) is 17.5 Å². The van der Waals surface area contributed by atoms with Gasteiger partial charge in [0.15, 0.2) is 0 Å². The van der Waals surface area contributed by atoms with Crippen LogP contribution in [0.3, 0.4) is 0 Å². The van der Waals surface area contributed by atoms with Gasteiger partial charge in [-0.3, -0.25) is 9.79 Å². The van der Waals surface area contributed by atoms with Gasteiger partial charge in [-0.2, -0.15) is 0 Å². The highest BCUT2D eigenvalue weighted by Gasteiger charge is 2.22. The molecule has 3 N–H and O–H groups in total. The maximum atomic E-state index is 10.9. The maximum absolute atomic E-state index is 10.9. The third kappa shape index (κ3) is 3.00. The van der Waals surface area contributed by atoms with Gasteiger partial charge < -0.3 is 9.84 Å². The molecule has 2 rings (SSSR count). The molecule has 0 aliphatic heterocycles. The Labute approximate surface area is 106 Å². The standard InChI is InChI=1S/C12H16NO4P/c1-13-8-7-9-5-6-11-10(9)3-2-4-12(11)17-18(14,15)16/h2-5,13H,6-8H2,1H3,(H2,14,15,16). The summed E-state index contributed by atoms with van der Waals surface area (Å²) < 4.78 is 15.6. The Bertz CT molecular complexity index is 521. The van der Waals surface area contributed by atoms with Crippen molar-refractivity contribution in [2.24, 2.45) is 0 Å². The Morgan fingerprint density at radius 1 is 1.44 bits per heavy atom. The van der Waals surface area contributed by atoms with Crippen molar-refractivity contribution in [3.05, 3.63) is 35.4 Å². The topological polar surface area (TPSA) is 78.8 Å². The number of phosphoric ester groups is 1. The highest BCUT2D eigenvalue weighted by atomic mass is 31.2. The molecule has 1 aromatic rings. The first kappa shape index (κ1) is 13.3. The zero-order valence-electron chi connectivity index (χ0n) is 10.1. The van der Waals surface area contributed by atoms with Crippen molar-refractivity contribution >= 4 is 13.4 Å². The molecule has 1 aromatic carbocycles. The van der Waals surface area contributed by atoms with Gasteiger partial charge in [-0.05, 0) is 43.6 Å². The van der Waals surface area contributed by atoms with E-state index in [1.165, 1.54) is 5.57 Å². The van der Waals surface area contributed by atoms with Gasteiger partial charge in [0.1, 0.15) is 5.75 Å². The molecule has 0 radical (unpaired) electrons. The van der Waals surface area contributed by atoms with E-state index in [0.717, 1.165) is 24.1 Å². The zero-order chi connectivity index (χ0) is 13.2. The summed E-state index contributed by atoms with van der Waals surface area (Å²) in [6.07, 6.45) is 3.63. The summed E-state index contributed by atoms with van der Waals surface area (Å²) in [5.41, 5.74) is 3.07. The lowest BCUT2D eigenvalue weighted by Crippen LogP contribution is -2.07. The number of benzene rings is 1. The van der Waals surface area contributed by atoms with Crippen LogP contribution in [0.5, 0.6) is 5.75 Å². The lowest BCUT2D eigenvalue weighted by atomic mass is 10.0. The Balaban J connectivity index is 2.25. The van der Waals surface area contributed by atoms with E-state index in [2.05, 4.69) is 11.4 Å². The molecule has 98 valence electrons. The van der Waals surface area contributed by atoms with E-state index in [1.54, 1.807) is 12.1 Å². The Hall–Kier alpha value is -1.13. The Morgan fingerprint density at radius 3 is 2.89 bits per heavy atom. The number of allylic oxidation sites excluding steroid dienone is 1. The zero-order valence-corrected chi connectivity index (χ0v) is 11.0. The van der Waals surface area contributed by atoms with Crippen molar-refractivity contribution in [1.29, 1.82) is 0 Å². The molecule has 0 unspecified atom stereocenters. The van der Waals surface area contributed by atoms with Crippen molar-refractivity contribution in [2.45, 2.75) is 12.8 Å². The van der Waals surface area contributed by atoms with Crippen molar-refractivity contribution in [1.82, 2.24) is 5.32 Å². The molecule has 0 atom stereocenters. The monoisotopic (exact) mass is 269 g/mol. The molecule has 5 nitrogen and oxygen atoms in total. The fourth-order valence-electron chi connectivity index (χ4n) is 2.12. The molecule has 0 spiro atoms. The molecule has 0 saturated carbocycles. The van der Waals surface area contributed by atoms with Gasteiger partial charge in [-0.25, -0.2) is 4.57 Å². The van der Waals surface area contributed by atoms with E-state index in [9.17, 15) is 4.57 Å². The smallest absolute Gasteiger partial charge is 0.404 e. The number of hydrogen-bond acceptors (Lipinski definition) is 3. The van der Waals surface area contributed by atoms with Gasteiger partial charge in [0.2, 0.25) is 0 Å². The average molecular weight is 269 g/mol. The van der Waals surface area contributed by atoms with Crippen molar-refractivity contribution in [3.63, 3.8) is 0 Å². The first-order chi connectivity index (χ1) is 8.51. The number of hydrogen-bond donors (Lipinski definition) is 3. The molecule has 0 fully saturated rings. The van der Waals surface area contributed by atoms with Gasteiger partial charge in [-0.15, -0.1) is 0 Å². The molecule has 6 heteroatoms. The second-order valence-corrected chi connectivity index (χ2v) is 5.31. The van der Waals surface area contributed by atoms with Crippen LogP contribution >= 0.6 is 7.82 Å². The van der Waals surface area contributed by atoms with Crippen molar-refractivity contribution < 1.29 is 18.9 Å². The molecule has 1 aliphatic rings. The molecule has 0 bridgehead atoms. The number of nitrogens with one attached hydrogen (secondary N) is 1. The molecule has 0 saturated heterocycles. The fourth-order valence-corrected chi connectivity index (χ4v) is 2.55. The lowest BCUT2D eigenvalue weighted by molar-refractivity contribution is 0.282. The van der Waals surface area contributed by atoms with E-state index in [1.807, 2.05) is 13.1 Å². The quantitative estimate of drug-likeness (QED) is 0.709. The van der Waals surface area contributed by atoms with Gasteiger partial charge in [0, 0.05) is 5.56 Å². The third-order valence-electron chi connectivity index (χ3n) is 2.89. The number of fused-ring (bicyclic) bond motifs is 1.